The molecule has 0 saturated heterocycles. The van der Waals surface area contributed by atoms with Gasteiger partial charge in [0.2, 0.25) is 11.8 Å². The summed E-state index contributed by atoms with van der Waals surface area (Å²) in [5.41, 5.74) is 2.77. The summed E-state index contributed by atoms with van der Waals surface area (Å²) < 4.78 is 29.6. The minimum absolute atomic E-state index is 0.00136. The number of aryl methyl sites for hydroxylation is 1. The van der Waals surface area contributed by atoms with Crippen LogP contribution in [0.25, 0.3) is 0 Å². The van der Waals surface area contributed by atoms with Gasteiger partial charge in [0.05, 0.1) is 20.6 Å². The Labute approximate surface area is 292 Å². The maximum absolute atomic E-state index is 14.6. The van der Waals surface area contributed by atoms with Crippen LogP contribution in [0, 0.1) is 6.92 Å². The largest absolute Gasteiger partial charge is 0.354 e. The molecule has 4 aromatic carbocycles. The number of benzene rings is 4. The first-order valence-corrected chi connectivity index (χ1v) is 18.7. The van der Waals surface area contributed by atoms with Crippen LogP contribution < -0.4 is 9.62 Å². The number of hydrogen-bond acceptors (Lipinski definition) is 5. The van der Waals surface area contributed by atoms with E-state index in [2.05, 4.69) is 5.32 Å². The summed E-state index contributed by atoms with van der Waals surface area (Å²) in [6.07, 6.45) is 3.79. The van der Waals surface area contributed by atoms with E-state index in [1.807, 2.05) is 50.4 Å². The first-order valence-electron chi connectivity index (χ1n) is 15.3. The third kappa shape index (κ3) is 9.76. The molecule has 1 N–H and O–H groups in total. The van der Waals surface area contributed by atoms with Crippen LogP contribution in [0.4, 0.5) is 5.69 Å². The number of amides is 2. The summed E-state index contributed by atoms with van der Waals surface area (Å²) in [6, 6.07) is 27.0. The molecule has 0 saturated carbocycles. The monoisotopic (exact) mass is 711 g/mol. The number of sulfonamides is 1. The van der Waals surface area contributed by atoms with E-state index in [-0.39, 0.29) is 23.8 Å². The van der Waals surface area contributed by atoms with E-state index in [4.69, 9.17) is 23.2 Å². The van der Waals surface area contributed by atoms with Gasteiger partial charge in [0.15, 0.2) is 0 Å². The second-order valence-corrected chi connectivity index (χ2v) is 14.7. The molecule has 0 radical (unpaired) electrons. The molecule has 7 nitrogen and oxygen atoms in total. The lowest BCUT2D eigenvalue weighted by Crippen LogP contribution is -2.53. The zero-order valence-corrected chi connectivity index (χ0v) is 29.8. The highest BCUT2D eigenvalue weighted by molar-refractivity contribution is 7.98. The average Bonchev–Trinajstić information content (AvgIpc) is 3.07. The van der Waals surface area contributed by atoms with Crippen molar-refractivity contribution in [3.63, 3.8) is 0 Å². The van der Waals surface area contributed by atoms with Gasteiger partial charge in [-0.1, -0.05) is 90.6 Å². The lowest BCUT2D eigenvalue weighted by atomic mass is 10.0. The molecule has 47 heavy (non-hydrogen) atoms. The molecular weight excluding hydrogens is 673 g/mol. The Morgan fingerprint density at radius 1 is 0.872 bits per heavy atom. The van der Waals surface area contributed by atoms with Gasteiger partial charge in [-0.05, 0) is 79.3 Å². The van der Waals surface area contributed by atoms with E-state index in [1.54, 1.807) is 66.7 Å². The SMILES string of the molecule is CCCCNC(=O)[C@H](Cc1ccccc1)N(Cc1ccc(Cl)c(Cl)c1)C(=O)CN(c1ccc(C)cc1)S(=O)(=O)c1ccc(SC)cc1. The molecule has 248 valence electrons. The maximum atomic E-state index is 14.6. The third-order valence-electron chi connectivity index (χ3n) is 7.69. The summed E-state index contributed by atoms with van der Waals surface area (Å²) in [6.45, 7) is 3.84. The lowest BCUT2D eigenvalue weighted by Gasteiger charge is -2.34. The van der Waals surface area contributed by atoms with Crippen LogP contribution in [0.3, 0.4) is 0 Å². The van der Waals surface area contributed by atoms with Gasteiger partial charge in [-0.2, -0.15) is 0 Å². The fourth-order valence-electron chi connectivity index (χ4n) is 5.01. The normalized spacial score (nSPS) is 11.9. The Hall–Kier alpha value is -3.50. The van der Waals surface area contributed by atoms with Crippen LogP contribution >= 0.6 is 35.0 Å². The molecule has 0 unspecified atom stereocenters. The number of carbonyl (C=O) groups excluding carboxylic acids is 2. The van der Waals surface area contributed by atoms with Gasteiger partial charge in [0, 0.05) is 24.4 Å². The van der Waals surface area contributed by atoms with Crippen molar-refractivity contribution in [3.8, 4) is 0 Å². The van der Waals surface area contributed by atoms with Crippen molar-refractivity contribution in [2.75, 3.05) is 23.7 Å². The number of carbonyl (C=O) groups is 2. The Morgan fingerprint density at radius 3 is 2.17 bits per heavy atom. The standard InChI is InChI=1S/C36H39Cl2N3O4S2/c1-4-5-21-39-36(43)34(23-27-9-7-6-8-10-27)40(24-28-13-20-32(37)33(38)22-28)35(42)25-41(29-14-11-26(2)12-15-29)47(44,45)31-18-16-30(46-3)17-19-31/h6-20,22,34H,4-5,21,23-25H2,1-3H3,(H,39,43)/t34-/m0/s1. The van der Waals surface area contributed by atoms with Gasteiger partial charge >= 0.3 is 0 Å². The Balaban J connectivity index is 1.80. The van der Waals surface area contributed by atoms with Gasteiger partial charge in [-0.15, -0.1) is 11.8 Å². The summed E-state index contributed by atoms with van der Waals surface area (Å²) in [4.78, 5) is 30.8. The molecule has 4 rings (SSSR count). The van der Waals surface area contributed by atoms with Gasteiger partial charge in [-0.3, -0.25) is 13.9 Å². The zero-order chi connectivity index (χ0) is 34.0. The second kappa shape index (κ2) is 17.1. The highest BCUT2D eigenvalue weighted by Crippen LogP contribution is 2.28. The molecule has 2 amide bonds. The summed E-state index contributed by atoms with van der Waals surface area (Å²) >= 11 is 14.1. The van der Waals surface area contributed by atoms with Gasteiger partial charge < -0.3 is 10.2 Å². The number of rotatable bonds is 15. The van der Waals surface area contributed by atoms with Gasteiger partial charge in [0.25, 0.3) is 10.0 Å². The van der Waals surface area contributed by atoms with E-state index in [1.165, 1.54) is 16.7 Å². The van der Waals surface area contributed by atoms with Crippen LogP contribution in [0.1, 0.15) is 36.5 Å². The van der Waals surface area contributed by atoms with Crippen molar-refractivity contribution in [1.29, 1.82) is 0 Å². The van der Waals surface area contributed by atoms with Crippen molar-refractivity contribution in [1.82, 2.24) is 10.2 Å². The average molecular weight is 713 g/mol. The number of thioether (sulfide) groups is 1. The van der Waals surface area contributed by atoms with Crippen molar-refractivity contribution < 1.29 is 18.0 Å². The molecule has 0 aromatic heterocycles. The van der Waals surface area contributed by atoms with Crippen molar-refractivity contribution in [2.45, 2.75) is 55.5 Å². The van der Waals surface area contributed by atoms with E-state index in [9.17, 15) is 18.0 Å². The van der Waals surface area contributed by atoms with Crippen molar-refractivity contribution >= 4 is 62.5 Å². The van der Waals surface area contributed by atoms with Crippen LogP contribution in [0.2, 0.25) is 10.0 Å². The fraction of sp³-hybridized carbons (Fsp3) is 0.278. The Morgan fingerprint density at radius 2 is 1.55 bits per heavy atom. The molecule has 0 bridgehead atoms. The fourth-order valence-corrected chi connectivity index (χ4v) is 7.15. The number of unbranched alkanes of at least 4 members (excludes halogenated alkanes) is 1. The summed E-state index contributed by atoms with van der Waals surface area (Å²) in [7, 11) is -4.19. The van der Waals surface area contributed by atoms with Crippen LogP contribution in [0.15, 0.2) is 107 Å². The van der Waals surface area contributed by atoms with E-state index < -0.39 is 28.5 Å². The Bertz CT molecular complexity index is 1750. The smallest absolute Gasteiger partial charge is 0.264 e. The molecule has 0 aliphatic rings. The quantitative estimate of drug-likeness (QED) is 0.101. The highest BCUT2D eigenvalue weighted by atomic mass is 35.5. The van der Waals surface area contributed by atoms with E-state index in [0.717, 1.165) is 33.2 Å². The zero-order valence-electron chi connectivity index (χ0n) is 26.7. The van der Waals surface area contributed by atoms with Crippen LogP contribution in [0.5, 0.6) is 0 Å². The second-order valence-electron chi connectivity index (χ2n) is 11.1. The predicted octanol–water partition coefficient (Wildman–Crippen LogP) is 7.78. The first-order chi connectivity index (χ1) is 22.5. The Kier molecular flexibility index (Phi) is 13.2. The van der Waals surface area contributed by atoms with Crippen molar-refractivity contribution in [3.05, 3.63) is 124 Å². The minimum atomic E-state index is -4.19. The number of halogens is 2. The molecule has 0 aliphatic heterocycles. The molecule has 0 heterocycles. The van der Waals surface area contributed by atoms with Crippen molar-refractivity contribution in [2.24, 2.45) is 0 Å². The molecule has 1 atom stereocenters. The number of nitrogens with one attached hydrogen (secondary N) is 1. The van der Waals surface area contributed by atoms with E-state index >= 15 is 0 Å². The molecule has 0 aliphatic carbocycles. The first kappa shape index (κ1) is 36.3. The number of nitrogens with zero attached hydrogens (tertiary/aromatic N) is 2. The lowest BCUT2D eigenvalue weighted by molar-refractivity contribution is -0.140. The molecular formula is C36H39Cl2N3O4S2. The molecule has 0 spiro atoms. The highest BCUT2D eigenvalue weighted by Gasteiger charge is 2.34. The molecule has 4 aromatic rings. The summed E-state index contributed by atoms with van der Waals surface area (Å²) in [5.74, 6) is -0.874. The van der Waals surface area contributed by atoms with E-state index in [0.29, 0.717) is 27.8 Å². The third-order valence-corrected chi connectivity index (χ3v) is 11.0. The minimum Gasteiger partial charge on any atom is -0.354 e. The van der Waals surface area contributed by atoms with Gasteiger partial charge in [-0.25, -0.2) is 8.42 Å². The van der Waals surface area contributed by atoms with Crippen LogP contribution in [-0.4, -0.2) is 50.5 Å². The topological polar surface area (TPSA) is 86.8 Å². The van der Waals surface area contributed by atoms with Gasteiger partial charge in [0.1, 0.15) is 12.6 Å². The number of hydrogen-bond donors (Lipinski definition) is 1. The predicted molar refractivity (Wildman–Crippen MR) is 193 cm³/mol. The number of anilines is 1. The van der Waals surface area contributed by atoms with Crippen LogP contribution in [-0.2, 0) is 32.6 Å². The summed E-state index contributed by atoms with van der Waals surface area (Å²) in [5, 5.41) is 3.65. The molecule has 11 heteroatoms. The molecule has 0 fully saturated rings. The maximum Gasteiger partial charge on any atom is 0.264 e.